The summed E-state index contributed by atoms with van der Waals surface area (Å²) in [5.41, 5.74) is -2.36. The fourth-order valence-electron chi connectivity index (χ4n) is 2.64. The molecule has 0 fully saturated rings. The van der Waals surface area contributed by atoms with Crippen LogP contribution in [0.4, 0.5) is 4.39 Å². The summed E-state index contributed by atoms with van der Waals surface area (Å²) in [5, 5.41) is 0.0272. The van der Waals surface area contributed by atoms with Crippen molar-refractivity contribution in [2.45, 2.75) is 26.4 Å². The smallest absolute Gasteiger partial charge is 0.348 e. The average Bonchev–Trinajstić information content (AvgIpc) is 2.54. The van der Waals surface area contributed by atoms with Crippen LogP contribution in [0.2, 0.25) is 0 Å². The van der Waals surface area contributed by atoms with Gasteiger partial charge in [0, 0.05) is 24.9 Å². The zero-order valence-corrected chi connectivity index (χ0v) is 16.7. The summed E-state index contributed by atoms with van der Waals surface area (Å²) in [5.74, 6) is 0. The van der Waals surface area contributed by atoms with Crippen LogP contribution in [-0.4, -0.2) is 42.8 Å². The Bertz CT molecular complexity index is 1130. The third-order valence-corrected chi connectivity index (χ3v) is 4.69. The topological polar surface area (TPSA) is 104 Å². The van der Waals surface area contributed by atoms with Crippen molar-refractivity contribution >= 4 is 26.6 Å². The Morgan fingerprint density at radius 1 is 1.37 bits per heavy atom. The van der Waals surface area contributed by atoms with Crippen LogP contribution in [0.1, 0.15) is 31.9 Å². The van der Waals surface area contributed by atoms with E-state index in [2.05, 4.69) is 11.6 Å². The van der Waals surface area contributed by atoms with E-state index < -0.39 is 26.9 Å². The molecule has 0 saturated carbocycles. The van der Waals surface area contributed by atoms with E-state index >= 15 is 0 Å². The molecule has 0 amide bonds. The van der Waals surface area contributed by atoms with Crippen molar-refractivity contribution in [2.75, 3.05) is 24.7 Å². The van der Waals surface area contributed by atoms with E-state index in [1.54, 1.807) is 11.9 Å². The van der Waals surface area contributed by atoms with E-state index in [4.69, 9.17) is 0 Å². The average molecular weight is 398 g/mol. The summed E-state index contributed by atoms with van der Waals surface area (Å²) in [6, 6.07) is 2.80. The number of hydrogen-bond donors (Lipinski definition) is 2. The van der Waals surface area contributed by atoms with Crippen LogP contribution in [-0.2, 0) is 15.7 Å². The van der Waals surface area contributed by atoms with Crippen molar-refractivity contribution in [3.05, 3.63) is 50.7 Å². The molecule has 0 atom stereocenters. The molecule has 2 aromatic rings. The van der Waals surface area contributed by atoms with Crippen LogP contribution in [0.5, 0.6) is 0 Å². The van der Waals surface area contributed by atoms with Gasteiger partial charge in [0.15, 0.2) is 0 Å². The number of aromatic amines is 1. The maximum Gasteiger partial charge on any atom is 0.348 e. The number of nitrogens with one attached hydrogen (secondary N) is 2. The Balaban J connectivity index is 2.91. The predicted molar refractivity (Wildman–Crippen MR) is 105 cm³/mol. The molecule has 0 aliphatic carbocycles. The largest absolute Gasteiger partial charge is 0.375 e. The summed E-state index contributed by atoms with van der Waals surface area (Å²) in [7, 11) is -2.08. The zero-order valence-electron chi connectivity index (χ0n) is 15.9. The Kier molecular flexibility index (Phi) is 5.24. The number of alkyl halides is 1. The highest BCUT2D eigenvalue weighted by molar-refractivity contribution is 7.91. The van der Waals surface area contributed by atoms with Crippen molar-refractivity contribution in [3.8, 4) is 0 Å². The van der Waals surface area contributed by atoms with Gasteiger partial charge in [-0.1, -0.05) is 6.58 Å². The normalized spacial score (nSPS) is 12.2. The molecule has 0 radical (unpaired) electrons. The summed E-state index contributed by atoms with van der Waals surface area (Å²) in [6.45, 7) is 9.20. The molecule has 10 heteroatoms. The molecular weight excluding hydrogens is 375 g/mol. The number of sulfonamides is 1. The van der Waals surface area contributed by atoms with Crippen molar-refractivity contribution in [1.29, 1.82) is 0 Å². The Morgan fingerprint density at radius 3 is 2.44 bits per heavy atom. The Morgan fingerprint density at radius 2 is 1.96 bits per heavy atom. The second kappa shape index (κ2) is 6.84. The third-order valence-electron chi connectivity index (χ3n) is 4.18. The van der Waals surface area contributed by atoms with Crippen molar-refractivity contribution in [2.24, 2.45) is 0 Å². The molecule has 8 nitrogen and oxygen atoms in total. The van der Waals surface area contributed by atoms with Crippen molar-refractivity contribution in [3.63, 3.8) is 0 Å². The lowest BCUT2D eigenvalue weighted by Crippen LogP contribution is -2.43. The Labute approximate surface area is 156 Å². The molecule has 0 spiro atoms. The lowest BCUT2D eigenvalue weighted by Gasteiger charge is -2.26. The first-order chi connectivity index (χ1) is 12.3. The fraction of sp³-hybridized carbons (Fsp3) is 0.412. The van der Waals surface area contributed by atoms with E-state index in [0.717, 1.165) is 6.26 Å². The number of aromatic nitrogens is 2. The molecular formula is C17H23FN4O4S. The maximum atomic E-state index is 14.8. The molecule has 0 saturated heterocycles. The minimum Gasteiger partial charge on any atom is -0.375 e. The molecule has 148 valence electrons. The number of rotatable bonds is 6. The third kappa shape index (κ3) is 4.21. The molecule has 1 aromatic heterocycles. The van der Waals surface area contributed by atoms with Crippen LogP contribution in [0.25, 0.3) is 16.6 Å². The van der Waals surface area contributed by atoms with Gasteiger partial charge in [-0.05, 0) is 38.5 Å². The fourth-order valence-corrected chi connectivity index (χ4v) is 3.14. The molecule has 0 bridgehead atoms. The number of H-pyrrole nitrogens is 1. The van der Waals surface area contributed by atoms with E-state index in [-0.39, 0.29) is 16.5 Å². The van der Waals surface area contributed by atoms with Gasteiger partial charge in [-0.2, -0.15) is 4.68 Å². The molecule has 0 unspecified atom stereocenters. The second-order valence-electron chi connectivity index (χ2n) is 6.81. The van der Waals surface area contributed by atoms with Gasteiger partial charge < -0.3 is 9.88 Å². The number of fused-ring (bicyclic) bond motifs is 1. The standard InChI is InChI=1S/C17H23FN4O4S/c1-7-21(5)10(2)11-8-12-14(9-13(11)17(3,4)18)19-16(24)22(15(12)23)20-27(6,25)26/h8-9,20H,2,7H2,1,3-6H3,(H,19,24). The maximum absolute atomic E-state index is 14.8. The van der Waals surface area contributed by atoms with Crippen LogP contribution >= 0.6 is 0 Å². The number of benzene rings is 1. The lowest BCUT2D eigenvalue weighted by molar-refractivity contribution is 0.221. The zero-order chi connectivity index (χ0) is 20.7. The summed E-state index contributed by atoms with van der Waals surface area (Å²) in [4.78, 5) is 30.9. The second-order valence-corrected chi connectivity index (χ2v) is 8.54. The number of halogens is 1. The summed E-state index contributed by atoms with van der Waals surface area (Å²) < 4.78 is 38.1. The highest BCUT2D eigenvalue weighted by Crippen LogP contribution is 2.34. The van der Waals surface area contributed by atoms with Gasteiger partial charge in [0.05, 0.1) is 17.2 Å². The predicted octanol–water partition coefficient (Wildman–Crippen LogP) is 1.32. The molecule has 1 aromatic carbocycles. The first kappa shape index (κ1) is 20.7. The SMILES string of the molecule is C=C(c1cc2c(=O)n(NS(C)(=O)=O)c(=O)[nH]c2cc1C(C)(C)F)N(C)CC. The minimum absolute atomic E-state index is 0.0272. The minimum atomic E-state index is -3.86. The van der Waals surface area contributed by atoms with Gasteiger partial charge in [0.1, 0.15) is 5.67 Å². The molecule has 27 heavy (non-hydrogen) atoms. The van der Waals surface area contributed by atoms with Gasteiger partial charge in [-0.15, -0.1) is 0 Å². The van der Waals surface area contributed by atoms with Crippen LogP contribution in [0.15, 0.2) is 28.3 Å². The number of hydrogen-bond acceptors (Lipinski definition) is 5. The quantitative estimate of drug-likeness (QED) is 0.764. The summed E-state index contributed by atoms with van der Waals surface area (Å²) >= 11 is 0. The van der Waals surface area contributed by atoms with Gasteiger partial charge >= 0.3 is 5.69 Å². The Hall–Kier alpha value is -2.62. The van der Waals surface area contributed by atoms with Crippen molar-refractivity contribution in [1.82, 2.24) is 14.6 Å². The van der Waals surface area contributed by atoms with Crippen molar-refractivity contribution < 1.29 is 12.8 Å². The van der Waals surface area contributed by atoms with Gasteiger partial charge in [0.2, 0.25) is 10.0 Å². The lowest BCUT2D eigenvalue weighted by atomic mass is 9.91. The molecule has 1 heterocycles. The van der Waals surface area contributed by atoms with Gasteiger partial charge in [0.25, 0.3) is 5.56 Å². The highest BCUT2D eigenvalue weighted by atomic mass is 32.2. The molecule has 0 aliphatic rings. The first-order valence-electron chi connectivity index (χ1n) is 8.17. The first-order valence-corrected chi connectivity index (χ1v) is 10.1. The molecule has 2 rings (SSSR count). The van der Waals surface area contributed by atoms with Gasteiger partial charge in [-0.3, -0.25) is 4.79 Å². The highest BCUT2D eigenvalue weighted by Gasteiger charge is 2.26. The van der Waals surface area contributed by atoms with E-state index in [1.165, 1.54) is 26.0 Å². The number of nitrogens with zero attached hydrogens (tertiary/aromatic N) is 2. The van der Waals surface area contributed by atoms with Crippen LogP contribution < -0.4 is 16.1 Å². The molecule has 0 aliphatic heterocycles. The van der Waals surface area contributed by atoms with E-state index in [0.29, 0.717) is 22.5 Å². The van der Waals surface area contributed by atoms with E-state index in [9.17, 15) is 22.4 Å². The van der Waals surface area contributed by atoms with Crippen LogP contribution in [0, 0.1) is 0 Å². The summed E-state index contributed by atoms with van der Waals surface area (Å²) in [6.07, 6.45) is 0.821. The molecule has 2 N–H and O–H groups in total. The monoisotopic (exact) mass is 398 g/mol. The van der Waals surface area contributed by atoms with Crippen LogP contribution in [0.3, 0.4) is 0 Å². The van der Waals surface area contributed by atoms with Gasteiger partial charge in [-0.25, -0.2) is 22.4 Å². The van der Waals surface area contributed by atoms with E-state index in [1.807, 2.05) is 11.8 Å².